The molecule has 2 atom stereocenters. The van der Waals surface area contributed by atoms with Gasteiger partial charge in [-0.3, -0.25) is 4.68 Å². The Morgan fingerprint density at radius 2 is 1.96 bits per heavy atom. The quantitative estimate of drug-likeness (QED) is 0.0962. The van der Waals surface area contributed by atoms with Crippen molar-refractivity contribution in [3.05, 3.63) is 82.0 Å². The van der Waals surface area contributed by atoms with Crippen LogP contribution in [-0.2, 0) is 36.0 Å². The number of carbonyl (C=O) groups is 1. The maximum atomic E-state index is 13.7. The van der Waals surface area contributed by atoms with Crippen LogP contribution in [0.4, 0.5) is 4.39 Å². The van der Waals surface area contributed by atoms with Gasteiger partial charge in [-0.05, 0) is 85.7 Å². The molecule has 0 bridgehead atoms. The largest absolute Gasteiger partial charge is 0.493 e. The van der Waals surface area contributed by atoms with E-state index in [0.717, 1.165) is 62.6 Å². The number of nitrogens with zero attached hydrogens (tertiary/aromatic N) is 2. The van der Waals surface area contributed by atoms with Crippen LogP contribution < -0.4 is 4.74 Å². The number of aromatic amines is 1. The SMILES string of the molecule is CCOC(=O)c1[nH]c2c(-c3c(COC[C@@H]4C[C@@H]4CO)nn(C)c3CC)c(Cl)ccc2c1CCCOc1cccc2cc(F)ccc12. The topological polar surface area (TPSA) is 98.6 Å². The number of benzene rings is 3. The molecule has 1 aliphatic carbocycles. The minimum atomic E-state index is -0.430. The van der Waals surface area contributed by atoms with Gasteiger partial charge in [0, 0.05) is 41.2 Å². The zero-order valence-electron chi connectivity index (χ0n) is 26.4. The molecule has 0 radical (unpaired) electrons. The molecule has 1 fully saturated rings. The Morgan fingerprint density at radius 3 is 2.72 bits per heavy atom. The average Bonchev–Trinajstić information content (AvgIpc) is 3.60. The monoisotopic (exact) mass is 647 g/mol. The van der Waals surface area contributed by atoms with E-state index in [1.807, 2.05) is 42.1 Å². The summed E-state index contributed by atoms with van der Waals surface area (Å²) in [5.74, 6) is 0.657. The number of nitrogens with one attached hydrogen (secondary N) is 1. The fourth-order valence-corrected chi connectivity index (χ4v) is 6.67. The van der Waals surface area contributed by atoms with Crippen LogP contribution in [0.2, 0.25) is 5.02 Å². The molecule has 1 aliphatic rings. The Morgan fingerprint density at radius 1 is 1.13 bits per heavy atom. The predicted octanol–water partition coefficient (Wildman–Crippen LogP) is 7.41. The fourth-order valence-electron chi connectivity index (χ4n) is 6.42. The molecule has 1 saturated carbocycles. The number of halogens is 2. The highest BCUT2D eigenvalue weighted by Gasteiger charge is 2.36. The molecule has 242 valence electrons. The molecule has 3 aromatic carbocycles. The van der Waals surface area contributed by atoms with Gasteiger partial charge < -0.3 is 24.3 Å². The standard InChI is InChI=1S/C36H39ClFN3O5/c1-4-30-33(29(40-41(30)3)20-44-19-23-16-22(23)18-42)32-28(37)14-13-27-26(35(39-34(27)32)36(43)45-5-2)9-7-15-46-31-10-6-8-21-17-24(38)11-12-25(21)31/h6,8,10-14,17,22-23,39,42H,4-5,7,9,15-16,18-20H2,1-3H3/t22-,23+/m1/s1. The second-order valence-electron chi connectivity index (χ2n) is 11.8. The Kier molecular flexibility index (Phi) is 9.63. The van der Waals surface area contributed by atoms with Gasteiger partial charge in [0.25, 0.3) is 0 Å². The molecular weight excluding hydrogens is 609 g/mol. The minimum Gasteiger partial charge on any atom is -0.493 e. The van der Waals surface area contributed by atoms with Gasteiger partial charge in [0.1, 0.15) is 17.3 Å². The van der Waals surface area contributed by atoms with Crippen molar-refractivity contribution in [1.82, 2.24) is 14.8 Å². The number of hydrogen-bond donors (Lipinski definition) is 2. The second-order valence-corrected chi connectivity index (χ2v) is 12.2. The lowest BCUT2D eigenvalue weighted by Crippen LogP contribution is -2.09. The zero-order valence-corrected chi connectivity index (χ0v) is 27.1. The van der Waals surface area contributed by atoms with E-state index in [0.29, 0.717) is 61.0 Å². The Labute approximate surface area is 272 Å². The number of esters is 1. The first kappa shape index (κ1) is 32.0. The van der Waals surface area contributed by atoms with E-state index in [4.69, 9.17) is 30.9 Å². The van der Waals surface area contributed by atoms with Gasteiger partial charge in [-0.15, -0.1) is 0 Å². The molecule has 0 spiro atoms. The van der Waals surface area contributed by atoms with Crippen LogP contribution in [0, 0.1) is 17.7 Å². The first-order valence-electron chi connectivity index (χ1n) is 15.9. The molecule has 6 rings (SSSR count). The number of aliphatic hydroxyl groups is 1. The lowest BCUT2D eigenvalue weighted by Gasteiger charge is -2.11. The summed E-state index contributed by atoms with van der Waals surface area (Å²) in [6, 6.07) is 14.0. The van der Waals surface area contributed by atoms with Crippen LogP contribution in [0.3, 0.4) is 0 Å². The average molecular weight is 648 g/mol. The maximum absolute atomic E-state index is 13.7. The summed E-state index contributed by atoms with van der Waals surface area (Å²) in [4.78, 5) is 16.6. The van der Waals surface area contributed by atoms with Crippen molar-refractivity contribution in [3.63, 3.8) is 0 Å². The molecule has 8 nitrogen and oxygen atoms in total. The number of aromatic nitrogens is 3. The Balaban J connectivity index is 1.31. The number of aliphatic hydroxyl groups excluding tert-OH is 1. The van der Waals surface area contributed by atoms with E-state index < -0.39 is 5.97 Å². The summed E-state index contributed by atoms with van der Waals surface area (Å²) < 4.78 is 33.3. The van der Waals surface area contributed by atoms with Crippen molar-refractivity contribution in [1.29, 1.82) is 0 Å². The summed E-state index contributed by atoms with van der Waals surface area (Å²) in [7, 11) is 1.92. The van der Waals surface area contributed by atoms with E-state index >= 15 is 0 Å². The molecule has 2 heterocycles. The molecule has 0 unspecified atom stereocenters. The molecule has 0 aliphatic heterocycles. The maximum Gasteiger partial charge on any atom is 0.355 e. The van der Waals surface area contributed by atoms with Gasteiger partial charge in [0.15, 0.2) is 0 Å². The van der Waals surface area contributed by atoms with Crippen LogP contribution in [0.15, 0.2) is 48.5 Å². The third-order valence-corrected chi connectivity index (χ3v) is 9.15. The van der Waals surface area contributed by atoms with Crippen molar-refractivity contribution in [2.75, 3.05) is 26.4 Å². The van der Waals surface area contributed by atoms with Crippen LogP contribution in [0.1, 0.15) is 54.1 Å². The van der Waals surface area contributed by atoms with E-state index in [1.54, 1.807) is 13.0 Å². The van der Waals surface area contributed by atoms with E-state index in [9.17, 15) is 14.3 Å². The number of ether oxygens (including phenoxy) is 3. The zero-order chi connectivity index (χ0) is 32.4. The van der Waals surface area contributed by atoms with Crippen molar-refractivity contribution in [2.45, 2.75) is 46.1 Å². The normalized spacial score (nSPS) is 16.0. The van der Waals surface area contributed by atoms with Crippen molar-refractivity contribution in [2.24, 2.45) is 18.9 Å². The summed E-state index contributed by atoms with van der Waals surface area (Å²) in [5, 5.41) is 17.3. The summed E-state index contributed by atoms with van der Waals surface area (Å²) in [6.45, 7) is 5.56. The number of fused-ring (bicyclic) bond motifs is 2. The number of carbonyl (C=O) groups excluding carboxylic acids is 1. The molecule has 0 saturated heterocycles. The highest BCUT2D eigenvalue weighted by atomic mass is 35.5. The van der Waals surface area contributed by atoms with Crippen molar-refractivity contribution in [3.8, 4) is 16.9 Å². The van der Waals surface area contributed by atoms with Gasteiger partial charge in [-0.1, -0.05) is 36.7 Å². The van der Waals surface area contributed by atoms with Crippen LogP contribution in [0.25, 0.3) is 32.8 Å². The van der Waals surface area contributed by atoms with Gasteiger partial charge in [-0.25, -0.2) is 9.18 Å². The van der Waals surface area contributed by atoms with Gasteiger partial charge in [-0.2, -0.15) is 5.10 Å². The summed E-state index contributed by atoms with van der Waals surface area (Å²) in [6.07, 6.45) is 2.87. The molecule has 0 amide bonds. The first-order chi connectivity index (χ1) is 22.3. The van der Waals surface area contributed by atoms with E-state index in [2.05, 4.69) is 11.9 Å². The first-order valence-corrected chi connectivity index (χ1v) is 16.3. The third kappa shape index (κ3) is 6.36. The smallest absolute Gasteiger partial charge is 0.355 e. The highest BCUT2D eigenvalue weighted by Crippen LogP contribution is 2.42. The summed E-state index contributed by atoms with van der Waals surface area (Å²) in [5.41, 5.74) is 5.42. The number of hydrogen-bond acceptors (Lipinski definition) is 6. The molecule has 10 heteroatoms. The van der Waals surface area contributed by atoms with Gasteiger partial charge in [0.05, 0.1) is 42.7 Å². The second kappa shape index (κ2) is 13.8. The number of H-pyrrole nitrogens is 1. The van der Waals surface area contributed by atoms with Crippen molar-refractivity contribution < 1.29 is 28.5 Å². The number of aryl methyl sites for hydroxylation is 2. The molecule has 2 N–H and O–H groups in total. The summed E-state index contributed by atoms with van der Waals surface area (Å²) >= 11 is 6.95. The highest BCUT2D eigenvalue weighted by molar-refractivity contribution is 6.35. The molecule has 46 heavy (non-hydrogen) atoms. The fraction of sp³-hybridized carbons (Fsp3) is 0.389. The van der Waals surface area contributed by atoms with Crippen LogP contribution in [-0.4, -0.2) is 52.3 Å². The number of rotatable bonds is 14. The minimum absolute atomic E-state index is 0.189. The lowest BCUT2D eigenvalue weighted by atomic mass is 9.97. The lowest BCUT2D eigenvalue weighted by molar-refractivity contribution is 0.0519. The Bertz CT molecular complexity index is 1880. The molecular formula is C36H39ClFN3O5. The van der Waals surface area contributed by atoms with Crippen LogP contribution >= 0.6 is 11.6 Å². The van der Waals surface area contributed by atoms with Gasteiger partial charge in [0.2, 0.25) is 0 Å². The Hall–Kier alpha value is -3.92. The van der Waals surface area contributed by atoms with E-state index in [1.165, 1.54) is 12.1 Å². The van der Waals surface area contributed by atoms with Crippen molar-refractivity contribution >= 4 is 39.2 Å². The molecule has 2 aromatic heterocycles. The van der Waals surface area contributed by atoms with Gasteiger partial charge >= 0.3 is 5.97 Å². The molecule has 5 aromatic rings. The van der Waals surface area contributed by atoms with Crippen LogP contribution in [0.5, 0.6) is 5.75 Å². The van der Waals surface area contributed by atoms with E-state index in [-0.39, 0.29) is 19.0 Å². The third-order valence-electron chi connectivity index (χ3n) is 8.84. The predicted molar refractivity (Wildman–Crippen MR) is 177 cm³/mol.